The van der Waals surface area contributed by atoms with Crippen molar-refractivity contribution in [2.24, 2.45) is 0 Å². The Bertz CT molecular complexity index is 1340. The molecule has 39 heavy (non-hydrogen) atoms. The lowest BCUT2D eigenvalue weighted by molar-refractivity contribution is -0.347. The Balaban J connectivity index is 1.46. The number of benzene rings is 3. The van der Waals surface area contributed by atoms with E-state index in [9.17, 15) is 39.5 Å². The van der Waals surface area contributed by atoms with Crippen LogP contribution in [0.3, 0.4) is 0 Å². The first-order chi connectivity index (χ1) is 18.4. The predicted octanol–water partition coefficient (Wildman–Crippen LogP) is 8.20. The number of hydrogen-bond acceptors (Lipinski definition) is 3. The Morgan fingerprint density at radius 3 is 1.87 bits per heavy atom. The molecule has 1 aliphatic heterocycles. The maximum absolute atomic E-state index is 14.9. The fourth-order valence-corrected chi connectivity index (χ4v) is 3.92. The summed E-state index contributed by atoms with van der Waals surface area (Å²) in [7, 11) is 0. The van der Waals surface area contributed by atoms with Crippen molar-refractivity contribution in [3.63, 3.8) is 0 Å². The summed E-state index contributed by atoms with van der Waals surface area (Å²) < 4.78 is 140. The summed E-state index contributed by atoms with van der Waals surface area (Å²) in [5.41, 5.74) is -0.165. The van der Waals surface area contributed by atoms with Crippen molar-refractivity contribution in [2.45, 2.75) is 31.7 Å². The maximum Gasteiger partial charge on any atom is 0.451 e. The molecule has 0 unspecified atom stereocenters. The van der Waals surface area contributed by atoms with Gasteiger partial charge in [0.15, 0.2) is 23.3 Å². The highest BCUT2D eigenvalue weighted by Crippen LogP contribution is 2.36. The van der Waals surface area contributed by atoms with E-state index >= 15 is 0 Å². The predicted molar refractivity (Wildman–Crippen MR) is 122 cm³/mol. The molecule has 0 aliphatic carbocycles. The van der Waals surface area contributed by atoms with Crippen LogP contribution in [0, 0.1) is 29.1 Å². The van der Waals surface area contributed by atoms with E-state index in [0.717, 1.165) is 12.1 Å². The van der Waals surface area contributed by atoms with Gasteiger partial charge in [-0.1, -0.05) is 31.2 Å². The average Bonchev–Trinajstić information content (AvgIpc) is 2.90. The zero-order valence-electron chi connectivity index (χ0n) is 20.0. The molecule has 0 atom stereocenters. The number of allylic oxidation sites excluding steroid dienone is 1. The fraction of sp³-hybridized carbons (Fsp3) is 0.259. The summed E-state index contributed by atoms with van der Waals surface area (Å²) in [4.78, 5) is 0. The van der Waals surface area contributed by atoms with Crippen LogP contribution in [0.15, 0.2) is 54.4 Å². The lowest BCUT2D eigenvalue weighted by atomic mass is 9.95. The molecule has 0 N–H and O–H groups in total. The molecule has 0 bridgehead atoms. The highest BCUT2D eigenvalue weighted by molar-refractivity contribution is 5.69. The molecule has 0 spiro atoms. The molecule has 0 saturated carbocycles. The van der Waals surface area contributed by atoms with E-state index in [4.69, 9.17) is 9.47 Å². The second-order valence-electron chi connectivity index (χ2n) is 8.56. The number of alkyl halides is 2. The SMILES string of the molecule is CC/C(F)=C(\F)c1ccc(-c2cc(F)c(C3COC(C(F)(F)Oc4cc(F)c(F)c(F)c4)OC3)c(F)c2)cc1. The van der Waals surface area contributed by atoms with Gasteiger partial charge in [-0.25, -0.2) is 30.7 Å². The summed E-state index contributed by atoms with van der Waals surface area (Å²) in [5.74, 6) is -11.6. The first-order valence-electron chi connectivity index (χ1n) is 11.5. The van der Waals surface area contributed by atoms with Gasteiger partial charge in [-0.15, -0.1) is 0 Å². The third kappa shape index (κ3) is 6.06. The van der Waals surface area contributed by atoms with E-state index in [1.165, 1.54) is 31.2 Å². The van der Waals surface area contributed by atoms with Gasteiger partial charge in [0.25, 0.3) is 6.29 Å². The molecular formula is C27H19F9O3. The standard InChI is InChI=1S/C27H19F9O3/c1-2-18(28)24(33)14-5-3-13(4-6-14)15-7-19(29)23(20(30)8-15)16-11-37-26(38-12-16)27(35,36)39-17-9-21(31)25(34)22(32)10-17/h3-10,16,26H,2,11-12H2,1H3/b24-18+. The van der Waals surface area contributed by atoms with Gasteiger partial charge in [0.2, 0.25) is 0 Å². The van der Waals surface area contributed by atoms with Gasteiger partial charge in [-0.05, 0) is 29.7 Å². The van der Waals surface area contributed by atoms with E-state index < -0.39 is 83.6 Å². The third-order valence-corrected chi connectivity index (χ3v) is 5.89. The Kier molecular flexibility index (Phi) is 8.26. The normalized spacial score (nSPS) is 18.6. The first-order valence-corrected chi connectivity index (χ1v) is 11.5. The molecule has 208 valence electrons. The van der Waals surface area contributed by atoms with E-state index in [-0.39, 0.29) is 29.7 Å². The van der Waals surface area contributed by atoms with Crippen LogP contribution in [0.25, 0.3) is 17.0 Å². The molecule has 0 radical (unpaired) electrons. The average molecular weight is 562 g/mol. The van der Waals surface area contributed by atoms with Gasteiger partial charge in [0, 0.05) is 29.2 Å². The Morgan fingerprint density at radius 2 is 1.36 bits per heavy atom. The molecule has 3 nitrogen and oxygen atoms in total. The van der Waals surface area contributed by atoms with Crippen LogP contribution >= 0.6 is 0 Å². The third-order valence-electron chi connectivity index (χ3n) is 5.89. The minimum atomic E-state index is -4.30. The van der Waals surface area contributed by atoms with Crippen molar-refractivity contribution in [1.82, 2.24) is 0 Å². The topological polar surface area (TPSA) is 27.7 Å². The molecule has 4 rings (SSSR count). The largest absolute Gasteiger partial charge is 0.451 e. The lowest BCUT2D eigenvalue weighted by Crippen LogP contribution is -2.47. The van der Waals surface area contributed by atoms with E-state index in [0.29, 0.717) is 5.56 Å². The molecule has 0 amide bonds. The molecule has 1 aliphatic rings. The molecule has 3 aromatic rings. The number of ether oxygens (including phenoxy) is 3. The number of hydrogen-bond donors (Lipinski definition) is 0. The second-order valence-corrected chi connectivity index (χ2v) is 8.56. The second kappa shape index (κ2) is 11.3. The molecule has 12 heteroatoms. The summed E-state index contributed by atoms with van der Waals surface area (Å²) in [6.45, 7) is 0.176. The minimum absolute atomic E-state index is 0.0443. The minimum Gasteiger partial charge on any atom is -0.429 e. The zero-order valence-corrected chi connectivity index (χ0v) is 20.0. The molecule has 1 heterocycles. The highest BCUT2D eigenvalue weighted by atomic mass is 19.3. The summed E-state index contributed by atoms with van der Waals surface area (Å²) in [6.07, 6.45) is -6.84. The molecule has 1 fully saturated rings. The van der Waals surface area contributed by atoms with Crippen molar-refractivity contribution in [1.29, 1.82) is 0 Å². The van der Waals surface area contributed by atoms with E-state index in [2.05, 4.69) is 4.74 Å². The van der Waals surface area contributed by atoms with E-state index in [1.54, 1.807) is 0 Å². The van der Waals surface area contributed by atoms with Gasteiger partial charge in [-0.3, -0.25) is 0 Å². The van der Waals surface area contributed by atoms with Crippen LogP contribution in [0.5, 0.6) is 5.75 Å². The van der Waals surface area contributed by atoms with Gasteiger partial charge in [0.05, 0.1) is 13.2 Å². The van der Waals surface area contributed by atoms with Crippen LogP contribution < -0.4 is 4.74 Å². The molecule has 1 saturated heterocycles. The van der Waals surface area contributed by atoms with Crippen LogP contribution in [0.2, 0.25) is 0 Å². The summed E-state index contributed by atoms with van der Waals surface area (Å²) in [6, 6.07) is 7.58. The number of halogens is 9. The first kappa shape index (κ1) is 28.5. The monoisotopic (exact) mass is 562 g/mol. The van der Waals surface area contributed by atoms with Gasteiger partial charge in [0.1, 0.15) is 23.2 Å². The molecule has 3 aromatic carbocycles. The highest BCUT2D eigenvalue weighted by Gasteiger charge is 2.48. The molecular weight excluding hydrogens is 543 g/mol. The smallest absolute Gasteiger partial charge is 0.429 e. The quantitative estimate of drug-likeness (QED) is 0.215. The van der Waals surface area contributed by atoms with Crippen molar-refractivity contribution >= 4 is 5.83 Å². The van der Waals surface area contributed by atoms with Crippen LogP contribution in [0.1, 0.15) is 30.4 Å². The Labute approximate surface area is 216 Å². The zero-order chi connectivity index (χ0) is 28.5. The summed E-state index contributed by atoms with van der Waals surface area (Å²) in [5, 5.41) is 0. The van der Waals surface area contributed by atoms with Crippen molar-refractivity contribution in [2.75, 3.05) is 13.2 Å². The fourth-order valence-electron chi connectivity index (χ4n) is 3.92. The molecule has 0 aromatic heterocycles. The maximum atomic E-state index is 14.9. The Morgan fingerprint density at radius 1 is 0.821 bits per heavy atom. The lowest BCUT2D eigenvalue weighted by Gasteiger charge is -2.33. The van der Waals surface area contributed by atoms with Crippen LogP contribution in [-0.4, -0.2) is 25.6 Å². The van der Waals surface area contributed by atoms with Crippen LogP contribution in [-0.2, 0) is 9.47 Å². The van der Waals surface area contributed by atoms with Crippen molar-refractivity contribution in [3.05, 3.63) is 94.6 Å². The van der Waals surface area contributed by atoms with Crippen LogP contribution in [0.4, 0.5) is 39.5 Å². The Hall–Kier alpha value is -3.51. The van der Waals surface area contributed by atoms with E-state index in [1.807, 2.05) is 0 Å². The van der Waals surface area contributed by atoms with Gasteiger partial charge < -0.3 is 14.2 Å². The summed E-state index contributed by atoms with van der Waals surface area (Å²) >= 11 is 0. The number of rotatable bonds is 7. The van der Waals surface area contributed by atoms with Crippen molar-refractivity contribution < 1.29 is 53.7 Å². The van der Waals surface area contributed by atoms with Gasteiger partial charge in [-0.2, -0.15) is 8.78 Å². The van der Waals surface area contributed by atoms with Gasteiger partial charge >= 0.3 is 6.11 Å². The van der Waals surface area contributed by atoms with Crippen molar-refractivity contribution in [3.8, 4) is 16.9 Å².